The van der Waals surface area contributed by atoms with E-state index in [0.29, 0.717) is 6.54 Å². The van der Waals surface area contributed by atoms with Gasteiger partial charge < -0.3 is 16.2 Å². The van der Waals surface area contributed by atoms with Crippen LogP contribution in [-0.4, -0.2) is 29.6 Å². The zero-order valence-corrected chi connectivity index (χ0v) is 11.2. The molecule has 3 atom stereocenters. The van der Waals surface area contributed by atoms with Crippen LogP contribution in [0.15, 0.2) is 0 Å². The Labute approximate surface area is 108 Å². The quantitative estimate of drug-likeness (QED) is 0.664. The van der Waals surface area contributed by atoms with Crippen molar-refractivity contribution < 1.29 is 14.7 Å². The highest BCUT2D eigenvalue weighted by Gasteiger charge is 2.42. The standard InChI is InChI=1S/C13H24N2O3/c1-3-9(7-11(16)17)8-15-12(18)13(2)6-4-5-10(13)14/h9-10H,3-8,14H2,1-2H3,(H,15,18)(H,16,17). The van der Waals surface area contributed by atoms with Crippen LogP contribution in [-0.2, 0) is 9.59 Å². The number of aliphatic carboxylic acids is 1. The summed E-state index contributed by atoms with van der Waals surface area (Å²) < 4.78 is 0. The van der Waals surface area contributed by atoms with Crippen molar-refractivity contribution in [2.75, 3.05) is 6.54 Å². The minimum Gasteiger partial charge on any atom is -0.481 e. The Morgan fingerprint density at radius 2 is 2.22 bits per heavy atom. The van der Waals surface area contributed by atoms with E-state index >= 15 is 0 Å². The van der Waals surface area contributed by atoms with E-state index in [1.165, 1.54) is 0 Å². The lowest BCUT2D eigenvalue weighted by atomic mass is 9.84. The number of carboxylic acid groups (broad SMARTS) is 1. The molecule has 0 aliphatic heterocycles. The van der Waals surface area contributed by atoms with Gasteiger partial charge in [0.15, 0.2) is 0 Å². The van der Waals surface area contributed by atoms with Gasteiger partial charge in [-0.05, 0) is 25.7 Å². The van der Waals surface area contributed by atoms with Crippen molar-refractivity contribution in [1.29, 1.82) is 0 Å². The first-order chi connectivity index (χ1) is 8.40. The molecule has 1 fully saturated rings. The van der Waals surface area contributed by atoms with Gasteiger partial charge in [-0.2, -0.15) is 0 Å². The fourth-order valence-corrected chi connectivity index (χ4v) is 2.52. The first-order valence-electron chi connectivity index (χ1n) is 6.65. The molecule has 4 N–H and O–H groups in total. The molecule has 0 heterocycles. The average Bonchev–Trinajstić information content (AvgIpc) is 2.65. The normalized spacial score (nSPS) is 28.9. The zero-order valence-electron chi connectivity index (χ0n) is 11.2. The maximum Gasteiger partial charge on any atom is 0.303 e. The number of hydrogen-bond acceptors (Lipinski definition) is 3. The Kier molecular flexibility index (Phi) is 5.14. The summed E-state index contributed by atoms with van der Waals surface area (Å²) >= 11 is 0. The molecule has 1 aliphatic carbocycles. The molecule has 0 spiro atoms. The molecule has 0 aromatic heterocycles. The molecule has 0 aromatic carbocycles. The van der Waals surface area contributed by atoms with E-state index in [-0.39, 0.29) is 24.3 Å². The fraction of sp³-hybridized carbons (Fsp3) is 0.846. The minimum atomic E-state index is -0.820. The van der Waals surface area contributed by atoms with Crippen LogP contribution < -0.4 is 11.1 Å². The second kappa shape index (κ2) is 6.18. The van der Waals surface area contributed by atoms with Crippen LogP contribution in [0.1, 0.15) is 46.0 Å². The van der Waals surface area contributed by atoms with Gasteiger partial charge in [-0.15, -0.1) is 0 Å². The predicted octanol–water partition coefficient (Wildman–Crippen LogP) is 1.12. The monoisotopic (exact) mass is 256 g/mol. The minimum absolute atomic E-state index is 0.00678. The van der Waals surface area contributed by atoms with E-state index in [0.717, 1.165) is 25.7 Å². The van der Waals surface area contributed by atoms with Crippen LogP contribution in [0.3, 0.4) is 0 Å². The number of nitrogens with one attached hydrogen (secondary N) is 1. The van der Waals surface area contributed by atoms with Crippen LogP contribution in [0, 0.1) is 11.3 Å². The molecule has 0 saturated heterocycles. The van der Waals surface area contributed by atoms with Crippen LogP contribution in [0.2, 0.25) is 0 Å². The Morgan fingerprint density at radius 3 is 2.67 bits per heavy atom. The fourth-order valence-electron chi connectivity index (χ4n) is 2.52. The molecule has 5 nitrogen and oxygen atoms in total. The third-order valence-corrected chi connectivity index (χ3v) is 4.14. The van der Waals surface area contributed by atoms with E-state index in [4.69, 9.17) is 10.8 Å². The van der Waals surface area contributed by atoms with E-state index in [1.807, 2.05) is 13.8 Å². The van der Waals surface area contributed by atoms with Gasteiger partial charge in [0.2, 0.25) is 5.91 Å². The number of rotatable bonds is 6. The average molecular weight is 256 g/mol. The molecule has 0 radical (unpaired) electrons. The molecular formula is C13H24N2O3. The zero-order chi connectivity index (χ0) is 13.8. The molecular weight excluding hydrogens is 232 g/mol. The summed E-state index contributed by atoms with van der Waals surface area (Å²) in [5, 5.41) is 11.6. The Bertz CT molecular complexity index is 319. The van der Waals surface area contributed by atoms with Crippen LogP contribution in [0.4, 0.5) is 0 Å². The van der Waals surface area contributed by atoms with Crippen molar-refractivity contribution in [3.05, 3.63) is 0 Å². The number of carboxylic acids is 1. The Balaban J connectivity index is 2.47. The summed E-state index contributed by atoms with van der Waals surface area (Å²) in [4.78, 5) is 22.8. The van der Waals surface area contributed by atoms with Gasteiger partial charge in [-0.25, -0.2) is 0 Å². The molecule has 1 aliphatic rings. The number of amides is 1. The van der Waals surface area contributed by atoms with Gasteiger partial charge in [0, 0.05) is 19.0 Å². The summed E-state index contributed by atoms with van der Waals surface area (Å²) in [6.07, 6.45) is 3.53. The molecule has 104 valence electrons. The lowest BCUT2D eigenvalue weighted by Crippen LogP contribution is -2.48. The second-order valence-corrected chi connectivity index (χ2v) is 5.50. The maximum atomic E-state index is 12.1. The van der Waals surface area contributed by atoms with Gasteiger partial charge >= 0.3 is 5.97 Å². The summed E-state index contributed by atoms with van der Waals surface area (Å²) in [6.45, 7) is 4.25. The number of hydrogen-bond donors (Lipinski definition) is 3. The number of carbonyl (C=O) groups excluding carboxylic acids is 1. The first-order valence-corrected chi connectivity index (χ1v) is 6.65. The Hall–Kier alpha value is -1.10. The largest absolute Gasteiger partial charge is 0.481 e. The molecule has 3 unspecified atom stereocenters. The highest BCUT2D eigenvalue weighted by Crippen LogP contribution is 2.36. The second-order valence-electron chi connectivity index (χ2n) is 5.50. The van der Waals surface area contributed by atoms with Gasteiger partial charge in [-0.3, -0.25) is 9.59 Å². The summed E-state index contributed by atoms with van der Waals surface area (Å²) in [5.41, 5.74) is 5.49. The van der Waals surface area contributed by atoms with Crippen molar-refractivity contribution in [3.8, 4) is 0 Å². The van der Waals surface area contributed by atoms with Gasteiger partial charge in [-0.1, -0.05) is 19.8 Å². The molecule has 1 amide bonds. The predicted molar refractivity (Wildman–Crippen MR) is 69.0 cm³/mol. The lowest BCUT2D eigenvalue weighted by molar-refractivity contribution is -0.138. The maximum absolute atomic E-state index is 12.1. The number of nitrogens with two attached hydrogens (primary N) is 1. The van der Waals surface area contributed by atoms with E-state index in [2.05, 4.69) is 5.32 Å². The molecule has 0 bridgehead atoms. The summed E-state index contributed by atoms with van der Waals surface area (Å²) in [5.74, 6) is -0.858. The molecule has 0 aromatic rings. The number of carbonyl (C=O) groups is 2. The van der Waals surface area contributed by atoms with Crippen LogP contribution in [0.25, 0.3) is 0 Å². The van der Waals surface area contributed by atoms with Gasteiger partial charge in [0.25, 0.3) is 0 Å². The highest BCUT2D eigenvalue weighted by atomic mass is 16.4. The van der Waals surface area contributed by atoms with E-state index in [9.17, 15) is 9.59 Å². The van der Waals surface area contributed by atoms with Crippen LogP contribution >= 0.6 is 0 Å². The Morgan fingerprint density at radius 1 is 1.56 bits per heavy atom. The third-order valence-electron chi connectivity index (χ3n) is 4.14. The van der Waals surface area contributed by atoms with Gasteiger partial charge in [0.1, 0.15) is 0 Å². The molecule has 1 saturated carbocycles. The van der Waals surface area contributed by atoms with Crippen molar-refractivity contribution in [2.45, 2.75) is 52.0 Å². The van der Waals surface area contributed by atoms with Crippen molar-refractivity contribution >= 4 is 11.9 Å². The first kappa shape index (κ1) is 15.0. The third kappa shape index (κ3) is 3.45. The topological polar surface area (TPSA) is 92.4 Å². The molecule has 18 heavy (non-hydrogen) atoms. The van der Waals surface area contributed by atoms with E-state index < -0.39 is 11.4 Å². The van der Waals surface area contributed by atoms with Crippen molar-refractivity contribution in [1.82, 2.24) is 5.32 Å². The van der Waals surface area contributed by atoms with E-state index in [1.54, 1.807) is 0 Å². The molecule has 1 rings (SSSR count). The van der Waals surface area contributed by atoms with Gasteiger partial charge in [0.05, 0.1) is 5.41 Å². The molecule has 5 heteroatoms. The summed E-state index contributed by atoms with van der Waals surface area (Å²) in [6, 6.07) is -0.0861. The highest BCUT2D eigenvalue weighted by molar-refractivity contribution is 5.83. The lowest BCUT2D eigenvalue weighted by Gasteiger charge is -2.28. The van der Waals surface area contributed by atoms with Crippen LogP contribution in [0.5, 0.6) is 0 Å². The summed E-state index contributed by atoms with van der Waals surface area (Å²) in [7, 11) is 0. The SMILES string of the molecule is CCC(CNC(=O)C1(C)CCCC1N)CC(=O)O. The van der Waals surface area contributed by atoms with Crippen molar-refractivity contribution in [3.63, 3.8) is 0 Å². The van der Waals surface area contributed by atoms with Crippen molar-refractivity contribution in [2.24, 2.45) is 17.1 Å². The smallest absolute Gasteiger partial charge is 0.303 e.